The van der Waals surface area contributed by atoms with E-state index in [-0.39, 0.29) is 23.1 Å². The number of nitrogen functional groups attached to an aromatic ring is 1. The number of rotatable bonds is 3. The Morgan fingerprint density at radius 3 is 2.35 bits per heavy atom. The average Bonchev–Trinajstić information content (AvgIpc) is 2.41. The highest BCUT2D eigenvalue weighted by molar-refractivity contribution is 6.04. The number of carbonyl (C=O) groups excluding carboxylic acids is 1. The summed E-state index contributed by atoms with van der Waals surface area (Å²) in [5.41, 5.74) is 6.80. The number of carbonyl (C=O) groups is 1. The Hall–Kier alpha value is -2.43. The van der Waals surface area contributed by atoms with Gasteiger partial charge >= 0.3 is 0 Å². The van der Waals surface area contributed by atoms with Crippen molar-refractivity contribution in [1.82, 2.24) is 9.78 Å². The fourth-order valence-corrected chi connectivity index (χ4v) is 2.07. The normalized spacial score (nSPS) is 10.8. The fourth-order valence-electron chi connectivity index (χ4n) is 2.07. The lowest BCUT2D eigenvalue weighted by Gasteiger charge is -2.15. The van der Waals surface area contributed by atoms with Crippen LogP contribution >= 0.6 is 0 Å². The first kappa shape index (κ1) is 14.0. The largest absolute Gasteiger partial charge is 0.394 e. The van der Waals surface area contributed by atoms with Gasteiger partial charge in [-0.05, 0) is 20.8 Å². The van der Waals surface area contributed by atoms with E-state index in [9.17, 15) is 9.59 Å². The minimum atomic E-state index is -0.426. The van der Waals surface area contributed by atoms with Gasteiger partial charge in [-0.15, -0.1) is 0 Å². The number of hydrogen-bond acceptors (Lipinski definition) is 4. The van der Waals surface area contributed by atoms with Gasteiger partial charge in [-0.25, -0.2) is 4.68 Å². The third-order valence-corrected chi connectivity index (χ3v) is 3.04. The van der Waals surface area contributed by atoms with Crippen molar-refractivity contribution in [3.8, 4) is 11.3 Å². The minimum Gasteiger partial charge on any atom is -0.394 e. The van der Waals surface area contributed by atoms with Gasteiger partial charge in [0.15, 0.2) is 5.78 Å². The Kier molecular flexibility index (Phi) is 3.70. The molecule has 0 fully saturated rings. The molecule has 1 aromatic heterocycles. The van der Waals surface area contributed by atoms with E-state index in [4.69, 9.17) is 5.73 Å². The van der Waals surface area contributed by atoms with Crippen LogP contribution < -0.4 is 11.3 Å². The van der Waals surface area contributed by atoms with E-state index in [1.807, 2.05) is 44.2 Å². The van der Waals surface area contributed by atoms with Crippen LogP contribution in [0, 0.1) is 0 Å². The first-order valence-electron chi connectivity index (χ1n) is 6.42. The number of Topliss-reactive ketones (excluding diaryl/α,β-unsaturated/α-hetero) is 1. The van der Waals surface area contributed by atoms with Gasteiger partial charge in [-0.2, -0.15) is 5.10 Å². The Morgan fingerprint density at radius 2 is 1.85 bits per heavy atom. The Labute approximate surface area is 117 Å². The molecule has 1 heterocycles. The van der Waals surface area contributed by atoms with Crippen LogP contribution in [-0.2, 0) is 0 Å². The average molecular weight is 271 g/mol. The van der Waals surface area contributed by atoms with Crippen molar-refractivity contribution < 1.29 is 4.79 Å². The SMILES string of the molecule is CC(=O)c1c(-c2ccccc2)nn(C(C)C)c(=O)c1N. The minimum absolute atomic E-state index is 0.0416. The number of ketones is 1. The van der Waals surface area contributed by atoms with Crippen molar-refractivity contribution in [2.45, 2.75) is 26.8 Å². The van der Waals surface area contributed by atoms with Gasteiger partial charge < -0.3 is 5.73 Å². The van der Waals surface area contributed by atoms with Crippen molar-refractivity contribution in [2.75, 3.05) is 5.73 Å². The molecule has 0 saturated heterocycles. The van der Waals surface area contributed by atoms with Crippen LogP contribution in [0.5, 0.6) is 0 Å². The standard InChI is InChI=1S/C15H17N3O2/c1-9(2)18-15(20)13(16)12(10(3)19)14(17-18)11-7-5-4-6-8-11/h4-9H,16H2,1-3H3. The molecule has 5 heteroatoms. The van der Waals surface area contributed by atoms with Crippen molar-refractivity contribution in [3.63, 3.8) is 0 Å². The number of benzene rings is 1. The van der Waals surface area contributed by atoms with Crippen LogP contribution in [0.15, 0.2) is 35.1 Å². The molecule has 0 aliphatic rings. The first-order valence-corrected chi connectivity index (χ1v) is 6.42. The molecule has 0 amide bonds. The van der Waals surface area contributed by atoms with Crippen molar-refractivity contribution in [1.29, 1.82) is 0 Å². The van der Waals surface area contributed by atoms with E-state index in [1.165, 1.54) is 11.6 Å². The summed E-state index contributed by atoms with van der Waals surface area (Å²) in [4.78, 5) is 24.0. The highest BCUT2D eigenvalue weighted by Crippen LogP contribution is 2.24. The van der Waals surface area contributed by atoms with E-state index >= 15 is 0 Å². The smallest absolute Gasteiger partial charge is 0.290 e. The molecule has 0 unspecified atom stereocenters. The van der Waals surface area contributed by atoms with Crippen molar-refractivity contribution in [3.05, 3.63) is 46.2 Å². The van der Waals surface area contributed by atoms with Crippen LogP contribution in [0.4, 0.5) is 5.69 Å². The summed E-state index contributed by atoms with van der Waals surface area (Å²) in [6, 6.07) is 9.11. The zero-order chi connectivity index (χ0) is 14.9. The molecule has 2 aromatic rings. The van der Waals surface area contributed by atoms with E-state index in [0.29, 0.717) is 5.69 Å². The zero-order valence-electron chi connectivity index (χ0n) is 11.8. The molecule has 0 aliphatic heterocycles. The van der Waals surface area contributed by atoms with Crippen LogP contribution in [0.1, 0.15) is 37.2 Å². The third kappa shape index (κ3) is 2.34. The fraction of sp³-hybridized carbons (Fsp3) is 0.267. The topological polar surface area (TPSA) is 78.0 Å². The number of nitrogens with two attached hydrogens (primary N) is 1. The second-order valence-corrected chi connectivity index (χ2v) is 4.90. The quantitative estimate of drug-likeness (QED) is 0.869. The summed E-state index contributed by atoms with van der Waals surface area (Å²) >= 11 is 0. The van der Waals surface area contributed by atoms with Gasteiger partial charge in [0.2, 0.25) is 0 Å². The number of anilines is 1. The van der Waals surface area contributed by atoms with Gasteiger partial charge in [-0.1, -0.05) is 30.3 Å². The molecule has 5 nitrogen and oxygen atoms in total. The molecule has 0 bridgehead atoms. The molecule has 0 saturated carbocycles. The first-order chi connectivity index (χ1) is 9.43. The maximum absolute atomic E-state index is 12.1. The maximum atomic E-state index is 12.1. The second-order valence-electron chi connectivity index (χ2n) is 4.90. The van der Waals surface area contributed by atoms with E-state index < -0.39 is 5.56 Å². The highest BCUT2D eigenvalue weighted by Gasteiger charge is 2.20. The molecule has 2 rings (SSSR count). The Bertz CT molecular complexity index is 703. The number of nitrogens with zero attached hydrogens (tertiary/aromatic N) is 2. The molecule has 2 N–H and O–H groups in total. The molecule has 0 aliphatic carbocycles. The summed E-state index contributed by atoms with van der Waals surface area (Å²) in [6.45, 7) is 5.07. The molecule has 0 atom stereocenters. The van der Waals surface area contributed by atoms with Crippen LogP contribution in [-0.4, -0.2) is 15.6 Å². The maximum Gasteiger partial charge on any atom is 0.290 e. The number of hydrogen-bond donors (Lipinski definition) is 1. The predicted octanol–water partition coefficient (Wildman–Crippen LogP) is 2.28. The van der Waals surface area contributed by atoms with Crippen LogP contribution in [0.25, 0.3) is 11.3 Å². The molecular formula is C15H17N3O2. The molecule has 0 spiro atoms. The summed E-state index contributed by atoms with van der Waals surface area (Å²) in [6.07, 6.45) is 0. The molecule has 0 radical (unpaired) electrons. The molecule has 1 aromatic carbocycles. The lowest BCUT2D eigenvalue weighted by molar-refractivity contribution is 0.101. The highest BCUT2D eigenvalue weighted by atomic mass is 16.1. The van der Waals surface area contributed by atoms with Crippen LogP contribution in [0.3, 0.4) is 0 Å². The summed E-state index contributed by atoms with van der Waals surface area (Å²) < 4.78 is 1.31. The van der Waals surface area contributed by atoms with Gasteiger partial charge in [0.25, 0.3) is 5.56 Å². The van der Waals surface area contributed by atoms with Gasteiger partial charge in [0.05, 0.1) is 11.6 Å². The summed E-state index contributed by atoms with van der Waals surface area (Å²) in [5, 5.41) is 4.33. The van der Waals surface area contributed by atoms with Crippen LogP contribution in [0.2, 0.25) is 0 Å². The molecule has 104 valence electrons. The third-order valence-electron chi connectivity index (χ3n) is 3.04. The zero-order valence-corrected chi connectivity index (χ0v) is 11.8. The Balaban J connectivity index is 2.85. The van der Waals surface area contributed by atoms with Gasteiger partial charge in [0, 0.05) is 5.56 Å². The predicted molar refractivity (Wildman–Crippen MR) is 78.7 cm³/mol. The van der Waals surface area contributed by atoms with Crippen molar-refractivity contribution in [2.24, 2.45) is 0 Å². The van der Waals surface area contributed by atoms with E-state index in [2.05, 4.69) is 5.10 Å². The monoisotopic (exact) mass is 271 g/mol. The van der Waals surface area contributed by atoms with E-state index in [1.54, 1.807) is 0 Å². The Morgan fingerprint density at radius 1 is 1.25 bits per heavy atom. The summed E-state index contributed by atoms with van der Waals surface area (Å²) in [5.74, 6) is -0.262. The molecular weight excluding hydrogens is 254 g/mol. The lowest BCUT2D eigenvalue weighted by atomic mass is 10.0. The van der Waals surface area contributed by atoms with Gasteiger partial charge in [0.1, 0.15) is 11.4 Å². The molecule has 20 heavy (non-hydrogen) atoms. The lowest BCUT2D eigenvalue weighted by Crippen LogP contribution is -2.30. The summed E-state index contributed by atoms with van der Waals surface area (Å²) in [7, 11) is 0. The van der Waals surface area contributed by atoms with E-state index in [0.717, 1.165) is 5.56 Å². The number of aromatic nitrogens is 2. The second kappa shape index (κ2) is 5.28. The van der Waals surface area contributed by atoms with Crippen molar-refractivity contribution >= 4 is 11.5 Å². The van der Waals surface area contributed by atoms with Gasteiger partial charge in [-0.3, -0.25) is 9.59 Å².